The number of carboxylic acid groups (broad SMARTS) is 2. The summed E-state index contributed by atoms with van der Waals surface area (Å²) in [4.78, 5) is 32.7. The van der Waals surface area contributed by atoms with Gasteiger partial charge < -0.3 is 20.7 Å². The van der Waals surface area contributed by atoms with Gasteiger partial charge >= 0.3 is 17.9 Å². The van der Waals surface area contributed by atoms with Gasteiger partial charge in [-0.1, -0.05) is 0 Å². The lowest BCUT2D eigenvalue weighted by atomic mass is 9.96. The fourth-order valence-electron chi connectivity index (χ4n) is 0.843. The van der Waals surface area contributed by atoms with Gasteiger partial charge in [-0.2, -0.15) is 0 Å². The monoisotopic (exact) mass is 233 g/mol. The fraction of sp³-hybridized carbons (Fsp3) is 0.667. The Bertz CT molecular complexity index is 318. The van der Waals surface area contributed by atoms with Gasteiger partial charge in [0.2, 0.25) is 5.54 Å². The van der Waals surface area contributed by atoms with Crippen LogP contribution in [0.25, 0.3) is 0 Å². The number of hydrogen-bond acceptors (Lipinski definition) is 5. The van der Waals surface area contributed by atoms with Crippen molar-refractivity contribution in [3.05, 3.63) is 0 Å². The molecule has 1 unspecified atom stereocenters. The van der Waals surface area contributed by atoms with Crippen LogP contribution < -0.4 is 5.73 Å². The lowest BCUT2D eigenvalue weighted by Crippen LogP contribution is -2.58. The van der Waals surface area contributed by atoms with E-state index in [0.29, 0.717) is 0 Å². The SMILES string of the molecule is CC(C)(C)OC(=O)C(N)(CC(=O)O)C(=O)O. The molecule has 0 bridgehead atoms. The first-order valence-electron chi connectivity index (χ1n) is 4.46. The van der Waals surface area contributed by atoms with Gasteiger partial charge in [-0.3, -0.25) is 4.79 Å². The Labute approximate surface area is 92.2 Å². The second-order valence-corrected chi connectivity index (χ2v) is 4.35. The number of hydrogen-bond donors (Lipinski definition) is 3. The van der Waals surface area contributed by atoms with E-state index >= 15 is 0 Å². The number of carbonyl (C=O) groups excluding carboxylic acids is 1. The number of aliphatic carboxylic acids is 2. The van der Waals surface area contributed by atoms with Crippen LogP contribution >= 0.6 is 0 Å². The van der Waals surface area contributed by atoms with E-state index in [1.54, 1.807) is 0 Å². The maximum absolute atomic E-state index is 11.5. The van der Waals surface area contributed by atoms with Crippen LogP contribution in [0.5, 0.6) is 0 Å². The van der Waals surface area contributed by atoms with Gasteiger partial charge in [-0.25, -0.2) is 9.59 Å². The Morgan fingerprint density at radius 1 is 1.19 bits per heavy atom. The summed E-state index contributed by atoms with van der Waals surface area (Å²) in [6.07, 6.45) is -1.03. The minimum atomic E-state index is -2.56. The van der Waals surface area contributed by atoms with Crippen LogP contribution in [-0.4, -0.2) is 39.3 Å². The maximum Gasteiger partial charge on any atom is 0.338 e. The predicted octanol–water partition coefficient (Wildman–Crippen LogP) is -0.415. The van der Waals surface area contributed by atoms with Gasteiger partial charge in [0, 0.05) is 0 Å². The van der Waals surface area contributed by atoms with Crippen LogP contribution in [0.2, 0.25) is 0 Å². The summed E-state index contributed by atoms with van der Waals surface area (Å²) in [6.45, 7) is 4.57. The highest BCUT2D eigenvalue weighted by molar-refractivity contribution is 6.06. The molecule has 0 saturated carbocycles. The molecule has 7 nitrogen and oxygen atoms in total. The van der Waals surface area contributed by atoms with Crippen molar-refractivity contribution in [2.24, 2.45) is 5.73 Å². The molecule has 0 radical (unpaired) electrons. The molecule has 0 saturated heterocycles. The summed E-state index contributed by atoms with van der Waals surface area (Å²) >= 11 is 0. The Morgan fingerprint density at radius 3 is 1.88 bits per heavy atom. The molecule has 0 aromatic heterocycles. The molecule has 0 fully saturated rings. The van der Waals surface area contributed by atoms with E-state index in [-0.39, 0.29) is 0 Å². The molecule has 0 aliphatic heterocycles. The zero-order valence-corrected chi connectivity index (χ0v) is 9.31. The zero-order valence-electron chi connectivity index (χ0n) is 9.31. The van der Waals surface area contributed by atoms with Crippen molar-refractivity contribution in [3.8, 4) is 0 Å². The van der Waals surface area contributed by atoms with Crippen LogP contribution in [0, 0.1) is 0 Å². The minimum absolute atomic E-state index is 0.935. The lowest BCUT2D eigenvalue weighted by Gasteiger charge is -2.26. The van der Waals surface area contributed by atoms with E-state index < -0.39 is 35.5 Å². The van der Waals surface area contributed by atoms with Crippen molar-refractivity contribution in [3.63, 3.8) is 0 Å². The van der Waals surface area contributed by atoms with Crippen molar-refractivity contribution in [2.45, 2.75) is 38.3 Å². The van der Waals surface area contributed by atoms with Gasteiger partial charge in [0.1, 0.15) is 5.60 Å². The number of esters is 1. The third-order valence-electron chi connectivity index (χ3n) is 1.57. The van der Waals surface area contributed by atoms with Crippen LogP contribution in [0.4, 0.5) is 0 Å². The van der Waals surface area contributed by atoms with Crippen molar-refractivity contribution in [2.75, 3.05) is 0 Å². The van der Waals surface area contributed by atoms with E-state index in [1.807, 2.05) is 0 Å². The molecule has 0 aromatic rings. The number of nitrogens with two attached hydrogens (primary N) is 1. The van der Waals surface area contributed by atoms with Gasteiger partial charge in [-0.05, 0) is 20.8 Å². The average molecular weight is 233 g/mol. The Morgan fingerprint density at radius 2 is 1.62 bits per heavy atom. The smallest absolute Gasteiger partial charge is 0.338 e. The summed E-state index contributed by atoms with van der Waals surface area (Å²) in [5, 5.41) is 17.3. The van der Waals surface area contributed by atoms with Crippen molar-refractivity contribution in [1.82, 2.24) is 0 Å². The number of carbonyl (C=O) groups is 3. The van der Waals surface area contributed by atoms with E-state index in [2.05, 4.69) is 0 Å². The average Bonchev–Trinajstić information content (AvgIpc) is 1.98. The van der Waals surface area contributed by atoms with Crippen molar-refractivity contribution in [1.29, 1.82) is 0 Å². The minimum Gasteiger partial charge on any atom is -0.481 e. The molecule has 7 heteroatoms. The zero-order chi connectivity index (χ0) is 13.1. The molecule has 0 amide bonds. The van der Waals surface area contributed by atoms with Gasteiger partial charge in [0.05, 0.1) is 6.42 Å². The molecule has 4 N–H and O–H groups in total. The number of rotatable bonds is 4. The normalized spacial score (nSPS) is 15.0. The summed E-state index contributed by atoms with van der Waals surface area (Å²) in [5.41, 5.74) is 1.75. The Kier molecular flexibility index (Phi) is 4.02. The van der Waals surface area contributed by atoms with E-state index in [9.17, 15) is 14.4 Å². The molecular weight excluding hydrogens is 218 g/mol. The molecular formula is C9H15NO6. The van der Waals surface area contributed by atoms with Crippen LogP contribution in [0.1, 0.15) is 27.2 Å². The molecule has 0 rings (SSSR count). The lowest BCUT2D eigenvalue weighted by molar-refractivity contribution is -0.172. The molecule has 0 aliphatic rings. The predicted molar refractivity (Wildman–Crippen MR) is 52.7 cm³/mol. The van der Waals surface area contributed by atoms with Crippen molar-refractivity contribution >= 4 is 17.9 Å². The fourth-order valence-corrected chi connectivity index (χ4v) is 0.843. The Balaban J connectivity index is 4.99. The van der Waals surface area contributed by atoms with Crippen molar-refractivity contribution < 1.29 is 29.3 Å². The molecule has 0 spiro atoms. The van der Waals surface area contributed by atoms with E-state index in [4.69, 9.17) is 20.7 Å². The molecule has 16 heavy (non-hydrogen) atoms. The maximum atomic E-state index is 11.5. The highest BCUT2D eigenvalue weighted by Gasteiger charge is 2.47. The third kappa shape index (κ3) is 3.85. The van der Waals surface area contributed by atoms with E-state index in [0.717, 1.165) is 0 Å². The Hall–Kier alpha value is -1.63. The summed E-state index contributed by atoms with van der Waals surface area (Å²) < 4.78 is 4.76. The molecule has 0 heterocycles. The topological polar surface area (TPSA) is 127 Å². The first-order chi connectivity index (χ1) is 6.99. The third-order valence-corrected chi connectivity index (χ3v) is 1.57. The standard InChI is InChI=1S/C9H15NO6/c1-8(2,3)16-7(15)9(10,6(13)14)4-5(11)12/h4,10H2,1-3H3,(H,11,12)(H,13,14). The largest absolute Gasteiger partial charge is 0.481 e. The van der Waals surface area contributed by atoms with Crippen LogP contribution in [-0.2, 0) is 19.1 Å². The highest BCUT2D eigenvalue weighted by Crippen LogP contribution is 2.16. The summed E-state index contributed by atoms with van der Waals surface area (Å²) in [5.74, 6) is -4.49. The second-order valence-electron chi connectivity index (χ2n) is 4.35. The van der Waals surface area contributed by atoms with Gasteiger partial charge in [-0.15, -0.1) is 0 Å². The summed E-state index contributed by atoms with van der Waals surface area (Å²) in [6, 6.07) is 0. The quantitative estimate of drug-likeness (QED) is 0.444. The van der Waals surface area contributed by atoms with Gasteiger partial charge in [0.15, 0.2) is 0 Å². The first-order valence-corrected chi connectivity index (χ1v) is 4.46. The highest BCUT2D eigenvalue weighted by atomic mass is 16.6. The summed E-state index contributed by atoms with van der Waals surface area (Å²) in [7, 11) is 0. The number of ether oxygens (including phenoxy) is 1. The van der Waals surface area contributed by atoms with Crippen LogP contribution in [0.15, 0.2) is 0 Å². The van der Waals surface area contributed by atoms with Crippen LogP contribution in [0.3, 0.4) is 0 Å². The van der Waals surface area contributed by atoms with Gasteiger partial charge in [0.25, 0.3) is 0 Å². The molecule has 92 valence electrons. The molecule has 0 aliphatic carbocycles. The van der Waals surface area contributed by atoms with E-state index in [1.165, 1.54) is 20.8 Å². The molecule has 1 atom stereocenters. The first kappa shape index (κ1) is 14.4. The number of carboxylic acids is 2. The molecule has 0 aromatic carbocycles. The second kappa shape index (κ2) is 4.48.